The van der Waals surface area contributed by atoms with E-state index in [0.29, 0.717) is 48.9 Å². The lowest BCUT2D eigenvalue weighted by molar-refractivity contribution is 0.105. The molecule has 0 unspecified atom stereocenters. The summed E-state index contributed by atoms with van der Waals surface area (Å²) in [6, 6.07) is 14.5. The molecule has 9 nitrogen and oxygen atoms in total. The van der Waals surface area contributed by atoms with Gasteiger partial charge >= 0.3 is 5.69 Å². The van der Waals surface area contributed by atoms with E-state index in [4.69, 9.17) is 4.74 Å². The van der Waals surface area contributed by atoms with Crippen LogP contribution >= 0.6 is 0 Å². The lowest BCUT2D eigenvalue weighted by Gasteiger charge is -2.31. The average Bonchev–Trinajstić information content (AvgIpc) is 3.19. The van der Waals surface area contributed by atoms with E-state index in [9.17, 15) is 18.3 Å². The molecule has 178 valence electrons. The lowest BCUT2D eigenvalue weighted by atomic mass is 9.98. The maximum absolute atomic E-state index is 12.7. The molecule has 4 rings (SSSR count). The van der Waals surface area contributed by atoms with Gasteiger partial charge in [0.1, 0.15) is 24.0 Å². The number of aromatic nitrogens is 2. The zero-order valence-corrected chi connectivity index (χ0v) is 19.2. The van der Waals surface area contributed by atoms with Crippen molar-refractivity contribution in [1.82, 2.24) is 19.6 Å². The minimum absolute atomic E-state index is 0.0350. The third-order valence-corrected chi connectivity index (χ3v) is 7.77. The van der Waals surface area contributed by atoms with Crippen LogP contribution in [0.5, 0.6) is 5.75 Å². The Morgan fingerprint density at radius 2 is 1.85 bits per heavy atom. The minimum Gasteiger partial charge on any atom is -0.489 e. The summed E-state index contributed by atoms with van der Waals surface area (Å²) in [5.74, 6) is 0.904. The highest BCUT2D eigenvalue weighted by Gasteiger charge is 2.28. The number of hydrogen-bond acceptors (Lipinski definition) is 6. The second-order valence-electron chi connectivity index (χ2n) is 8.47. The van der Waals surface area contributed by atoms with Gasteiger partial charge in [-0.25, -0.2) is 17.5 Å². The van der Waals surface area contributed by atoms with Gasteiger partial charge in [0.05, 0.1) is 11.3 Å². The molecule has 3 aromatic rings. The zero-order valence-electron chi connectivity index (χ0n) is 18.4. The summed E-state index contributed by atoms with van der Waals surface area (Å²) >= 11 is 0. The van der Waals surface area contributed by atoms with Gasteiger partial charge in [0.2, 0.25) is 10.0 Å². The molecule has 10 heteroatoms. The Balaban J connectivity index is 1.17. The van der Waals surface area contributed by atoms with E-state index in [1.807, 2.05) is 30.3 Å². The zero-order chi connectivity index (χ0) is 23.3. The molecule has 2 aromatic carbocycles. The molecule has 1 saturated heterocycles. The predicted octanol–water partition coefficient (Wildman–Crippen LogP) is 1.43. The van der Waals surface area contributed by atoms with Crippen LogP contribution in [0.1, 0.15) is 18.4 Å². The normalized spacial score (nSPS) is 16.8. The number of hydrogen-bond donors (Lipinski definition) is 4. The summed E-state index contributed by atoms with van der Waals surface area (Å²) in [4.78, 5) is 16.8. The summed E-state index contributed by atoms with van der Waals surface area (Å²) in [5, 5.41) is 13.5. The van der Waals surface area contributed by atoms with Crippen LogP contribution in [0.2, 0.25) is 0 Å². The molecule has 1 aliphatic rings. The highest BCUT2D eigenvalue weighted by Crippen LogP contribution is 2.22. The fraction of sp³-hybridized carbons (Fsp3) is 0.435. The van der Waals surface area contributed by atoms with Gasteiger partial charge in [-0.05, 0) is 43.0 Å². The number of para-hydroxylation sites is 1. The van der Waals surface area contributed by atoms with Gasteiger partial charge in [-0.3, -0.25) is 0 Å². The number of aliphatic hydroxyl groups excluding tert-OH is 1. The van der Waals surface area contributed by atoms with E-state index < -0.39 is 16.1 Å². The second kappa shape index (κ2) is 10.5. The molecule has 0 aliphatic carbocycles. The number of nitrogens with zero attached hydrogens (tertiary/aromatic N) is 1. The molecule has 2 heterocycles. The first-order chi connectivity index (χ1) is 15.9. The van der Waals surface area contributed by atoms with Crippen molar-refractivity contribution in [1.29, 1.82) is 0 Å². The number of imidazole rings is 1. The lowest BCUT2D eigenvalue weighted by Crippen LogP contribution is -2.42. The largest absolute Gasteiger partial charge is 0.489 e. The molecular weight excluding hydrogens is 444 g/mol. The molecule has 1 aliphatic heterocycles. The van der Waals surface area contributed by atoms with Gasteiger partial charge in [0.25, 0.3) is 0 Å². The summed E-state index contributed by atoms with van der Waals surface area (Å²) in [5.41, 5.74) is 1.73. The third-order valence-electron chi connectivity index (χ3n) is 5.92. The van der Waals surface area contributed by atoms with E-state index in [1.54, 1.807) is 22.5 Å². The fourth-order valence-electron chi connectivity index (χ4n) is 4.12. The first kappa shape index (κ1) is 23.5. The van der Waals surface area contributed by atoms with Gasteiger partial charge in [-0.15, -0.1) is 0 Å². The van der Waals surface area contributed by atoms with Crippen molar-refractivity contribution in [3.8, 4) is 5.75 Å². The van der Waals surface area contributed by atoms with E-state index in [1.165, 1.54) is 0 Å². The number of sulfonamides is 1. The summed E-state index contributed by atoms with van der Waals surface area (Å²) in [7, 11) is -3.31. The quantitative estimate of drug-likeness (QED) is 0.352. The average molecular weight is 475 g/mol. The summed E-state index contributed by atoms with van der Waals surface area (Å²) in [6.07, 6.45) is 0.865. The Morgan fingerprint density at radius 1 is 1.09 bits per heavy atom. The van der Waals surface area contributed by atoms with E-state index in [-0.39, 0.29) is 18.0 Å². The van der Waals surface area contributed by atoms with Crippen molar-refractivity contribution in [3.05, 3.63) is 64.6 Å². The first-order valence-corrected chi connectivity index (χ1v) is 12.8. The van der Waals surface area contributed by atoms with Crippen LogP contribution in [0.4, 0.5) is 0 Å². The van der Waals surface area contributed by atoms with Crippen molar-refractivity contribution in [2.24, 2.45) is 5.92 Å². The molecule has 1 fully saturated rings. The van der Waals surface area contributed by atoms with Gasteiger partial charge < -0.3 is 25.1 Å². The summed E-state index contributed by atoms with van der Waals surface area (Å²) in [6.45, 7) is 2.21. The number of nitrogens with one attached hydrogen (secondary N) is 3. The number of H-pyrrole nitrogens is 2. The van der Waals surface area contributed by atoms with Crippen LogP contribution < -0.4 is 15.7 Å². The second-order valence-corrected chi connectivity index (χ2v) is 10.4. The van der Waals surface area contributed by atoms with Crippen molar-refractivity contribution in [2.45, 2.75) is 24.7 Å². The number of rotatable bonds is 10. The monoisotopic (exact) mass is 474 g/mol. The van der Waals surface area contributed by atoms with Crippen LogP contribution in [0, 0.1) is 5.92 Å². The van der Waals surface area contributed by atoms with E-state index >= 15 is 0 Å². The van der Waals surface area contributed by atoms with Crippen LogP contribution in [0.3, 0.4) is 0 Å². The van der Waals surface area contributed by atoms with E-state index in [2.05, 4.69) is 15.3 Å². The maximum atomic E-state index is 12.7. The molecule has 0 amide bonds. The topological polar surface area (TPSA) is 128 Å². The molecule has 1 atom stereocenters. The Labute approximate surface area is 192 Å². The minimum atomic E-state index is -3.31. The van der Waals surface area contributed by atoms with Crippen molar-refractivity contribution >= 4 is 21.1 Å². The third kappa shape index (κ3) is 6.23. The molecule has 33 heavy (non-hydrogen) atoms. The Morgan fingerprint density at radius 3 is 2.61 bits per heavy atom. The number of piperidine rings is 1. The Kier molecular flexibility index (Phi) is 7.49. The smallest absolute Gasteiger partial charge is 0.323 e. The molecule has 0 saturated carbocycles. The SMILES string of the molecule is O=c1[nH]c2cccc(OC[C@H](O)CNCC3CCN(S(=O)(=O)Cc4ccccc4)CC3)c2[nH]1. The highest BCUT2D eigenvalue weighted by molar-refractivity contribution is 7.88. The number of aliphatic hydroxyl groups is 1. The fourth-order valence-corrected chi connectivity index (χ4v) is 5.68. The van der Waals surface area contributed by atoms with Gasteiger partial charge in [-0.2, -0.15) is 0 Å². The van der Waals surface area contributed by atoms with Crippen molar-refractivity contribution < 1.29 is 18.3 Å². The van der Waals surface area contributed by atoms with Crippen LogP contribution in [-0.2, 0) is 15.8 Å². The standard InChI is InChI=1S/C23H30N4O5S/c28-19(15-32-21-8-4-7-20-22(21)26-23(29)25-20)14-24-13-17-9-11-27(12-10-17)33(30,31)16-18-5-2-1-3-6-18/h1-8,17,19,24,28H,9-16H2,(H2,25,26,29)/t19-/m1/s1. The van der Waals surface area contributed by atoms with Crippen molar-refractivity contribution in [3.63, 3.8) is 0 Å². The molecular formula is C23H30N4O5S. The summed E-state index contributed by atoms with van der Waals surface area (Å²) < 4.78 is 32.6. The molecule has 4 N–H and O–H groups in total. The highest BCUT2D eigenvalue weighted by atomic mass is 32.2. The molecule has 0 bridgehead atoms. The number of fused-ring (bicyclic) bond motifs is 1. The van der Waals surface area contributed by atoms with Gasteiger partial charge in [0, 0.05) is 19.6 Å². The molecule has 0 spiro atoms. The van der Waals surface area contributed by atoms with Gasteiger partial charge in [-0.1, -0.05) is 36.4 Å². The molecule has 0 radical (unpaired) electrons. The van der Waals surface area contributed by atoms with E-state index in [0.717, 1.165) is 18.4 Å². The van der Waals surface area contributed by atoms with Crippen LogP contribution in [-0.4, -0.2) is 66.7 Å². The number of aromatic amines is 2. The predicted molar refractivity (Wildman–Crippen MR) is 127 cm³/mol. The van der Waals surface area contributed by atoms with Gasteiger partial charge in [0.15, 0.2) is 0 Å². The molecule has 1 aromatic heterocycles. The maximum Gasteiger partial charge on any atom is 0.323 e. The van der Waals surface area contributed by atoms with Crippen molar-refractivity contribution in [2.75, 3.05) is 32.8 Å². The Bertz CT molecular complexity index is 1200. The van der Waals surface area contributed by atoms with Crippen LogP contribution in [0.25, 0.3) is 11.0 Å². The number of benzene rings is 2. The Hall–Kier alpha value is -2.66. The number of ether oxygens (including phenoxy) is 1. The first-order valence-electron chi connectivity index (χ1n) is 11.1. The van der Waals surface area contributed by atoms with Crippen LogP contribution in [0.15, 0.2) is 53.3 Å².